The topological polar surface area (TPSA) is 124 Å². The lowest BCUT2D eigenvalue weighted by Gasteiger charge is -2.44. The van der Waals surface area contributed by atoms with Crippen LogP contribution in [0.3, 0.4) is 0 Å². The molecule has 0 bridgehead atoms. The van der Waals surface area contributed by atoms with Gasteiger partial charge in [0.25, 0.3) is 11.8 Å². The Labute approximate surface area is 271 Å². The van der Waals surface area contributed by atoms with Crippen LogP contribution in [0, 0.1) is 5.82 Å². The first kappa shape index (κ1) is 35.6. The van der Waals surface area contributed by atoms with E-state index in [0.29, 0.717) is 43.5 Å². The molecule has 9 nitrogen and oxygen atoms in total. The zero-order chi connectivity index (χ0) is 34.3. The summed E-state index contributed by atoms with van der Waals surface area (Å²) in [5.41, 5.74) is 3.70. The van der Waals surface area contributed by atoms with E-state index in [9.17, 15) is 27.6 Å². The molecule has 254 valence electrons. The molecule has 2 atom stereocenters. The number of hydrogen-bond acceptors (Lipinski definition) is 6. The molecule has 1 saturated heterocycles. The van der Waals surface area contributed by atoms with Crippen LogP contribution in [0.1, 0.15) is 72.2 Å². The van der Waals surface area contributed by atoms with Gasteiger partial charge in [0.15, 0.2) is 0 Å². The number of nitrogens with one attached hydrogen (secondary N) is 3. The van der Waals surface area contributed by atoms with Crippen molar-refractivity contribution < 1.29 is 27.2 Å². The monoisotopic (exact) mass is 658 g/mol. The number of carbonyl (C=O) groups is 2. The second kappa shape index (κ2) is 15.6. The minimum atomic E-state index is -4.96. The molecule has 47 heavy (non-hydrogen) atoms. The van der Waals surface area contributed by atoms with Crippen molar-refractivity contribution in [1.82, 2.24) is 15.2 Å². The van der Waals surface area contributed by atoms with Crippen LogP contribution in [-0.2, 0) is 6.18 Å². The Morgan fingerprint density at radius 1 is 0.957 bits per heavy atom. The quantitative estimate of drug-likeness (QED) is 0.148. The molecule has 13 heteroatoms. The van der Waals surface area contributed by atoms with Gasteiger partial charge in [-0.15, -0.1) is 0 Å². The fourth-order valence-corrected chi connectivity index (χ4v) is 5.76. The van der Waals surface area contributed by atoms with Crippen LogP contribution in [0.5, 0.6) is 0 Å². The molecule has 0 spiro atoms. The molecule has 0 saturated carbocycles. The third kappa shape index (κ3) is 8.98. The minimum absolute atomic E-state index is 0.0848. The highest BCUT2D eigenvalue weighted by Gasteiger charge is 2.36. The van der Waals surface area contributed by atoms with E-state index < -0.39 is 34.6 Å². The molecule has 2 amide bonds. The van der Waals surface area contributed by atoms with E-state index in [-0.39, 0.29) is 34.8 Å². The maximum absolute atomic E-state index is 15.3. The van der Waals surface area contributed by atoms with Crippen LogP contribution in [0.4, 0.5) is 28.9 Å². The van der Waals surface area contributed by atoms with Gasteiger partial charge in [-0.2, -0.15) is 13.2 Å². The fourth-order valence-electron chi connectivity index (χ4n) is 5.76. The summed E-state index contributed by atoms with van der Waals surface area (Å²) in [6, 6.07) is 9.39. The van der Waals surface area contributed by atoms with Crippen LogP contribution in [-0.4, -0.2) is 67.0 Å². The first-order valence-electron chi connectivity index (χ1n) is 15.8. The lowest BCUT2D eigenvalue weighted by molar-refractivity contribution is -0.138. The van der Waals surface area contributed by atoms with Crippen molar-refractivity contribution in [1.29, 1.82) is 0 Å². The summed E-state index contributed by atoms with van der Waals surface area (Å²) in [6.07, 6.45) is 0.539. The van der Waals surface area contributed by atoms with E-state index in [1.54, 1.807) is 12.1 Å². The van der Waals surface area contributed by atoms with Crippen molar-refractivity contribution in [3.8, 4) is 11.1 Å². The number of H-pyrrole nitrogens is 1. The highest BCUT2D eigenvalue weighted by Crippen LogP contribution is 2.36. The van der Waals surface area contributed by atoms with Gasteiger partial charge in [-0.3, -0.25) is 19.3 Å². The molecule has 0 unspecified atom stereocenters. The summed E-state index contributed by atoms with van der Waals surface area (Å²) < 4.78 is 56.6. The van der Waals surface area contributed by atoms with E-state index in [0.717, 1.165) is 38.3 Å². The Bertz CT molecular complexity index is 1610. The first-order valence-corrected chi connectivity index (χ1v) is 15.8. The number of aromatic amines is 1. The van der Waals surface area contributed by atoms with E-state index >= 15 is 4.39 Å². The Morgan fingerprint density at radius 2 is 1.64 bits per heavy atom. The van der Waals surface area contributed by atoms with E-state index in [1.165, 1.54) is 24.3 Å². The molecule has 1 aliphatic rings. The Morgan fingerprint density at radius 3 is 2.32 bits per heavy atom. The van der Waals surface area contributed by atoms with Gasteiger partial charge < -0.3 is 26.3 Å². The number of anilines is 2. The maximum atomic E-state index is 15.3. The molecular weight excluding hydrogens is 616 g/mol. The third-order valence-corrected chi connectivity index (χ3v) is 8.63. The summed E-state index contributed by atoms with van der Waals surface area (Å²) in [5.74, 6) is -2.08. The highest BCUT2D eigenvalue weighted by atomic mass is 19.4. The van der Waals surface area contributed by atoms with Gasteiger partial charge in [0, 0.05) is 55.1 Å². The number of piperazine rings is 1. The van der Waals surface area contributed by atoms with Crippen molar-refractivity contribution in [3.05, 3.63) is 81.5 Å². The molecule has 4 rings (SSSR count). The Hall–Kier alpha value is -4.23. The highest BCUT2D eigenvalue weighted by molar-refractivity contribution is 6.07. The number of hydrogen-bond donors (Lipinski definition) is 4. The minimum Gasteiger partial charge on any atom is -0.367 e. The zero-order valence-corrected chi connectivity index (χ0v) is 26.8. The van der Waals surface area contributed by atoms with Crippen LogP contribution < -0.4 is 26.8 Å². The number of carbonyl (C=O) groups excluding carboxylic acids is 2. The average molecular weight is 659 g/mol. The van der Waals surface area contributed by atoms with Gasteiger partial charge in [-0.05, 0) is 76.2 Å². The van der Waals surface area contributed by atoms with Crippen molar-refractivity contribution in [2.45, 2.75) is 64.2 Å². The number of likely N-dealkylation sites (N-methyl/N-ethyl adjacent to an activating group) is 1. The molecule has 5 N–H and O–H groups in total. The SMILES string of the molecule is C[C@@H]1CN(c2ccc(-c3cc(C(=O)NCCCCCCCN)ccc3F)cc2NC(=O)c2c[nH]c(=O)cc2C(F)(F)F)C[C@H](C)N1C. The zero-order valence-electron chi connectivity index (χ0n) is 26.8. The summed E-state index contributed by atoms with van der Waals surface area (Å²) in [4.78, 5) is 44.3. The summed E-state index contributed by atoms with van der Waals surface area (Å²) in [6.45, 7) is 6.32. The Kier molecular flexibility index (Phi) is 11.8. The fraction of sp³-hybridized carbons (Fsp3) is 0.441. The summed E-state index contributed by atoms with van der Waals surface area (Å²) >= 11 is 0. The smallest absolute Gasteiger partial charge is 0.367 e. The van der Waals surface area contributed by atoms with E-state index in [4.69, 9.17) is 5.73 Å². The first-order chi connectivity index (χ1) is 22.3. The van der Waals surface area contributed by atoms with Gasteiger partial charge >= 0.3 is 6.18 Å². The second-order valence-electron chi connectivity index (χ2n) is 12.1. The third-order valence-electron chi connectivity index (χ3n) is 8.63. The van der Waals surface area contributed by atoms with Gasteiger partial charge in [-0.25, -0.2) is 4.39 Å². The molecular formula is C34H42F4N6O3. The molecule has 1 aromatic heterocycles. The lowest BCUT2D eigenvalue weighted by atomic mass is 9.99. The molecule has 0 aliphatic carbocycles. The number of rotatable bonds is 12. The van der Waals surface area contributed by atoms with Crippen molar-refractivity contribution in [2.75, 3.05) is 43.4 Å². The standard InChI is InChI=1S/C34H42F4N6O3/c1-21-19-44(20-22(2)43(21)3)30-12-10-23(16-29(30)42-33(47)26-18-41-31(45)17-27(26)34(36,37)38)25-15-24(9-11-28(25)35)32(46)40-14-8-6-4-5-7-13-39/h9-12,15-18,21-22H,4-8,13-14,19-20,39H2,1-3H3,(H,40,46)(H,41,45)(H,42,47)/t21-,22+. The number of benzene rings is 2. The number of nitrogens with two attached hydrogens (primary N) is 1. The average Bonchev–Trinajstić information content (AvgIpc) is 3.02. The van der Waals surface area contributed by atoms with Gasteiger partial charge in [-0.1, -0.05) is 25.3 Å². The summed E-state index contributed by atoms with van der Waals surface area (Å²) in [7, 11) is 2.00. The molecule has 1 aliphatic heterocycles. The number of halogens is 4. The number of alkyl halides is 3. The molecule has 1 fully saturated rings. The number of unbranched alkanes of at least 4 members (excludes halogenated alkanes) is 4. The normalized spacial score (nSPS) is 17.1. The van der Waals surface area contributed by atoms with E-state index in [2.05, 4.69) is 20.5 Å². The van der Waals surface area contributed by atoms with E-state index in [1.807, 2.05) is 25.8 Å². The number of aromatic nitrogens is 1. The predicted molar refractivity (Wildman–Crippen MR) is 175 cm³/mol. The van der Waals surface area contributed by atoms with Crippen LogP contribution in [0.25, 0.3) is 11.1 Å². The van der Waals surface area contributed by atoms with Crippen molar-refractivity contribution in [3.63, 3.8) is 0 Å². The Balaban J connectivity index is 1.66. The molecule has 3 aromatic rings. The van der Waals surface area contributed by atoms with Crippen LogP contribution in [0.2, 0.25) is 0 Å². The van der Waals surface area contributed by atoms with Gasteiger partial charge in [0.05, 0.1) is 22.5 Å². The van der Waals surface area contributed by atoms with Crippen molar-refractivity contribution in [2.24, 2.45) is 5.73 Å². The maximum Gasteiger partial charge on any atom is 0.417 e. The second-order valence-corrected chi connectivity index (χ2v) is 12.1. The predicted octanol–water partition coefficient (Wildman–Crippen LogP) is 5.62. The molecule has 2 aromatic carbocycles. The lowest BCUT2D eigenvalue weighted by Crippen LogP contribution is -2.55. The van der Waals surface area contributed by atoms with Gasteiger partial charge in [0.1, 0.15) is 5.82 Å². The molecule has 0 radical (unpaired) electrons. The number of pyridine rings is 1. The van der Waals surface area contributed by atoms with Crippen molar-refractivity contribution >= 4 is 23.2 Å². The van der Waals surface area contributed by atoms with Crippen LogP contribution in [0.15, 0.2) is 53.5 Å². The summed E-state index contributed by atoms with van der Waals surface area (Å²) in [5, 5.41) is 5.45. The number of nitrogens with zero attached hydrogens (tertiary/aromatic N) is 2. The van der Waals surface area contributed by atoms with Crippen LogP contribution >= 0.6 is 0 Å². The van der Waals surface area contributed by atoms with Gasteiger partial charge in [0.2, 0.25) is 5.56 Å². The largest absolute Gasteiger partial charge is 0.417 e. The number of amides is 2. The molecule has 2 heterocycles.